The molecule has 0 spiro atoms. The van der Waals surface area contributed by atoms with Gasteiger partial charge in [-0.15, -0.1) is 0 Å². The maximum Gasteiger partial charge on any atom is 0.371 e. The Bertz CT molecular complexity index is 601. The number of carboxylic acids is 1. The number of rotatable bonds is 4. The molecular weight excluding hydrogens is 242 g/mol. The summed E-state index contributed by atoms with van der Waals surface area (Å²) in [4.78, 5) is 10.8. The molecule has 1 atom stereocenters. The second kappa shape index (κ2) is 5.18. The Balaban J connectivity index is 2.18. The Hall–Kier alpha value is -2.23. The lowest BCUT2D eigenvalue weighted by molar-refractivity contribution is 0.0660. The van der Waals surface area contributed by atoms with Crippen molar-refractivity contribution in [2.75, 3.05) is 5.32 Å². The maximum atomic E-state index is 10.8. The standard InChI is InChI=1S/C15H17NO3/c1-9-5-4-6-12(10(9)2)16-11(3)13-7-8-14(19-13)15(17)18/h4-8,11,16H,1-3H3,(H,17,18). The monoisotopic (exact) mass is 259 g/mol. The Kier molecular flexibility index (Phi) is 3.60. The topological polar surface area (TPSA) is 62.5 Å². The molecule has 1 aromatic heterocycles. The van der Waals surface area contributed by atoms with Crippen molar-refractivity contribution in [3.63, 3.8) is 0 Å². The number of hydrogen-bond donors (Lipinski definition) is 2. The van der Waals surface area contributed by atoms with Crippen LogP contribution in [0.1, 0.15) is 40.4 Å². The highest BCUT2D eigenvalue weighted by Crippen LogP contribution is 2.25. The van der Waals surface area contributed by atoms with Crippen LogP contribution in [0.15, 0.2) is 34.7 Å². The Labute approximate surface area is 112 Å². The first kappa shape index (κ1) is 13.2. The van der Waals surface area contributed by atoms with E-state index in [-0.39, 0.29) is 11.8 Å². The summed E-state index contributed by atoms with van der Waals surface area (Å²) in [7, 11) is 0. The fourth-order valence-corrected chi connectivity index (χ4v) is 1.91. The van der Waals surface area contributed by atoms with Crippen molar-refractivity contribution < 1.29 is 14.3 Å². The molecule has 0 radical (unpaired) electrons. The molecular formula is C15H17NO3. The second-order valence-electron chi connectivity index (χ2n) is 4.62. The number of hydrogen-bond acceptors (Lipinski definition) is 3. The molecule has 0 saturated carbocycles. The van der Waals surface area contributed by atoms with Gasteiger partial charge >= 0.3 is 5.97 Å². The zero-order valence-corrected chi connectivity index (χ0v) is 11.2. The Morgan fingerprint density at radius 3 is 2.63 bits per heavy atom. The summed E-state index contributed by atoms with van der Waals surface area (Å²) in [5, 5.41) is 12.2. The second-order valence-corrected chi connectivity index (χ2v) is 4.62. The minimum atomic E-state index is -1.05. The number of carbonyl (C=O) groups is 1. The van der Waals surface area contributed by atoms with E-state index < -0.39 is 5.97 Å². The molecule has 0 aliphatic carbocycles. The largest absolute Gasteiger partial charge is 0.475 e. The highest BCUT2D eigenvalue weighted by Gasteiger charge is 2.14. The van der Waals surface area contributed by atoms with E-state index in [1.54, 1.807) is 6.07 Å². The number of aryl methyl sites for hydroxylation is 1. The molecule has 0 aliphatic heterocycles. The molecule has 2 aromatic rings. The van der Waals surface area contributed by atoms with Crippen LogP contribution in [0.5, 0.6) is 0 Å². The molecule has 1 unspecified atom stereocenters. The zero-order valence-electron chi connectivity index (χ0n) is 11.2. The van der Waals surface area contributed by atoms with Gasteiger partial charge in [0.1, 0.15) is 5.76 Å². The van der Waals surface area contributed by atoms with Crippen LogP contribution in [0.2, 0.25) is 0 Å². The van der Waals surface area contributed by atoms with Gasteiger partial charge in [0, 0.05) is 5.69 Å². The van der Waals surface area contributed by atoms with E-state index in [0.29, 0.717) is 5.76 Å². The van der Waals surface area contributed by atoms with Crippen LogP contribution in [0.4, 0.5) is 5.69 Å². The summed E-state index contributed by atoms with van der Waals surface area (Å²) in [5.74, 6) is -0.479. The molecule has 1 aromatic carbocycles. The third-order valence-electron chi connectivity index (χ3n) is 3.24. The molecule has 0 amide bonds. The first-order valence-electron chi connectivity index (χ1n) is 6.15. The van der Waals surface area contributed by atoms with Crippen LogP contribution < -0.4 is 5.32 Å². The first-order valence-corrected chi connectivity index (χ1v) is 6.15. The highest BCUT2D eigenvalue weighted by molar-refractivity contribution is 5.84. The molecule has 19 heavy (non-hydrogen) atoms. The normalized spacial score (nSPS) is 12.2. The molecule has 0 aliphatic rings. The Morgan fingerprint density at radius 2 is 2.00 bits per heavy atom. The summed E-state index contributed by atoms with van der Waals surface area (Å²) >= 11 is 0. The van der Waals surface area contributed by atoms with Crippen molar-refractivity contribution in [1.82, 2.24) is 0 Å². The van der Waals surface area contributed by atoms with Crippen LogP contribution in [0, 0.1) is 13.8 Å². The number of furan rings is 1. The van der Waals surface area contributed by atoms with Gasteiger partial charge in [0.15, 0.2) is 0 Å². The van der Waals surface area contributed by atoms with Crippen molar-refractivity contribution in [1.29, 1.82) is 0 Å². The molecule has 4 nitrogen and oxygen atoms in total. The van der Waals surface area contributed by atoms with Gasteiger partial charge in [-0.2, -0.15) is 0 Å². The van der Waals surface area contributed by atoms with Crippen molar-refractivity contribution in [2.45, 2.75) is 26.8 Å². The van der Waals surface area contributed by atoms with Crippen LogP contribution in [0.3, 0.4) is 0 Å². The van der Waals surface area contributed by atoms with Crippen molar-refractivity contribution in [3.8, 4) is 0 Å². The lowest BCUT2D eigenvalue weighted by Crippen LogP contribution is -2.07. The van der Waals surface area contributed by atoms with E-state index in [4.69, 9.17) is 9.52 Å². The molecule has 0 fully saturated rings. The van der Waals surface area contributed by atoms with Crippen molar-refractivity contribution in [2.24, 2.45) is 0 Å². The lowest BCUT2D eigenvalue weighted by atomic mass is 10.1. The third-order valence-corrected chi connectivity index (χ3v) is 3.24. The minimum Gasteiger partial charge on any atom is -0.475 e. The summed E-state index contributed by atoms with van der Waals surface area (Å²) in [6.45, 7) is 6.04. The van der Waals surface area contributed by atoms with E-state index in [0.717, 1.165) is 5.69 Å². The molecule has 2 N–H and O–H groups in total. The molecule has 1 heterocycles. The SMILES string of the molecule is Cc1cccc(NC(C)c2ccc(C(=O)O)o2)c1C. The van der Waals surface area contributed by atoms with Gasteiger partial charge in [0.05, 0.1) is 6.04 Å². The van der Waals surface area contributed by atoms with Gasteiger partial charge in [0.2, 0.25) is 5.76 Å². The van der Waals surface area contributed by atoms with Gasteiger partial charge in [-0.3, -0.25) is 0 Å². The average Bonchev–Trinajstić information content (AvgIpc) is 2.84. The van der Waals surface area contributed by atoms with Crippen LogP contribution in [0.25, 0.3) is 0 Å². The van der Waals surface area contributed by atoms with Crippen molar-refractivity contribution in [3.05, 3.63) is 53.0 Å². The van der Waals surface area contributed by atoms with Crippen LogP contribution in [-0.2, 0) is 0 Å². The summed E-state index contributed by atoms with van der Waals surface area (Å²) in [6, 6.07) is 9.11. The third kappa shape index (κ3) is 2.78. The zero-order chi connectivity index (χ0) is 14.0. The Morgan fingerprint density at radius 1 is 1.26 bits per heavy atom. The molecule has 0 saturated heterocycles. The fraction of sp³-hybridized carbons (Fsp3) is 0.267. The average molecular weight is 259 g/mol. The summed E-state index contributed by atoms with van der Waals surface area (Å²) in [6.07, 6.45) is 0. The van der Waals surface area contributed by atoms with E-state index in [1.165, 1.54) is 17.2 Å². The van der Waals surface area contributed by atoms with Gasteiger partial charge < -0.3 is 14.8 Å². The first-order chi connectivity index (χ1) is 8.99. The van der Waals surface area contributed by atoms with Gasteiger partial charge in [-0.1, -0.05) is 12.1 Å². The number of nitrogens with one attached hydrogen (secondary N) is 1. The van der Waals surface area contributed by atoms with E-state index >= 15 is 0 Å². The minimum absolute atomic E-state index is 0.0374. The van der Waals surface area contributed by atoms with Crippen molar-refractivity contribution >= 4 is 11.7 Å². The number of aromatic carboxylic acids is 1. The molecule has 4 heteroatoms. The predicted octanol–water partition coefficient (Wildman–Crippen LogP) is 3.77. The van der Waals surface area contributed by atoms with Gasteiger partial charge in [0.25, 0.3) is 0 Å². The number of benzene rings is 1. The van der Waals surface area contributed by atoms with Crippen LogP contribution >= 0.6 is 0 Å². The maximum absolute atomic E-state index is 10.8. The molecule has 2 rings (SSSR count). The fourth-order valence-electron chi connectivity index (χ4n) is 1.91. The summed E-state index contributed by atoms with van der Waals surface area (Å²) < 4.78 is 5.29. The van der Waals surface area contributed by atoms with E-state index in [9.17, 15) is 4.79 Å². The summed E-state index contributed by atoms with van der Waals surface area (Å²) in [5.41, 5.74) is 3.42. The number of anilines is 1. The quantitative estimate of drug-likeness (QED) is 0.877. The molecule has 0 bridgehead atoms. The van der Waals surface area contributed by atoms with E-state index in [2.05, 4.69) is 25.2 Å². The smallest absolute Gasteiger partial charge is 0.371 e. The van der Waals surface area contributed by atoms with Gasteiger partial charge in [-0.25, -0.2) is 4.79 Å². The molecule has 100 valence electrons. The highest BCUT2D eigenvalue weighted by atomic mass is 16.4. The van der Waals surface area contributed by atoms with Gasteiger partial charge in [-0.05, 0) is 50.1 Å². The predicted molar refractivity (Wildman–Crippen MR) is 73.6 cm³/mol. The van der Waals surface area contributed by atoms with E-state index in [1.807, 2.05) is 19.1 Å². The lowest BCUT2D eigenvalue weighted by Gasteiger charge is -2.16. The van der Waals surface area contributed by atoms with Crippen LogP contribution in [-0.4, -0.2) is 11.1 Å². The number of carboxylic acid groups (broad SMARTS) is 1.